The number of hydrogen-bond donors (Lipinski definition) is 1. The molecule has 2 rings (SSSR count). The third-order valence-corrected chi connectivity index (χ3v) is 6.62. The summed E-state index contributed by atoms with van der Waals surface area (Å²) in [4.78, 5) is 16.6. The topological polar surface area (TPSA) is 77.5 Å². The van der Waals surface area contributed by atoms with Gasteiger partial charge in [-0.2, -0.15) is 0 Å². The van der Waals surface area contributed by atoms with Crippen LogP contribution in [0.1, 0.15) is 55.6 Å². The molecule has 0 aromatic carbocycles. The van der Waals surface area contributed by atoms with Crippen LogP contribution < -0.4 is 0 Å². The second kappa shape index (κ2) is 10.1. The van der Waals surface area contributed by atoms with E-state index in [-0.39, 0.29) is 17.8 Å². The molecule has 0 aliphatic rings. The fourth-order valence-electron chi connectivity index (χ4n) is 3.32. The minimum absolute atomic E-state index is 0.103. The summed E-state index contributed by atoms with van der Waals surface area (Å²) in [5.41, 5.74) is 1.05. The first-order chi connectivity index (χ1) is 13.7. The number of ether oxygens (including phenoxy) is 1. The molecule has 2 heterocycles. The van der Waals surface area contributed by atoms with Crippen molar-refractivity contribution in [3.05, 3.63) is 46.9 Å². The molecule has 2 aromatic rings. The van der Waals surface area contributed by atoms with Crippen LogP contribution in [0.2, 0.25) is 19.6 Å². The average molecular weight is 419 g/mol. The van der Waals surface area contributed by atoms with E-state index in [0.717, 1.165) is 36.5 Å². The number of carboxylic acids is 1. The van der Waals surface area contributed by atoms with E-state index in [9.17, 15) is 9.90 Å². The number of carbonyl (C=O) groups is 1. The SMILES string of the molecule is CCCCc1ncc(C=C(Cc2ccc(C)o2)C(=O)O)n1C(OCC)[Si](C)(C)C. The van der Waals surface area contributed by atoms with Gasteiger partial charge in [-0.05, 0) is 38.5 Å². The highest BCUT2D eigenvalue weighted by Crippen LogP contribution is 2.28. The minimum atomic E-state index is -1.76. The highest BCUT2D eigenvalue weighted by molar-refractivity contribution is 6.76. The normalized spacial score (nSPS) is 13.7. The molecular formula is C22H34N2O4Si. The van der Waals surface area contributed by atoms with Crippen LogP contribution in [0.25, 0.3) is 6.08 Å². The zero-order chi connectivity index (χ0) is 21.6. The standard InChI is InChI=1S/C22H34N2O4Si/c1-7-9-10-20-23-15-18(24(20)22(27-8-2)29(4,5)6)13-17(21(25)26)14-19-12-11-16(3)28-19/h11-13,15,22H,7-10,14H2,1-6H3,(H,25,26). The molecule has 0 saturated heterocycles. The van der Waals surface area contributed by atoms with E-state index in [1.807, 2.05) is 26.0 Å². The van der Waals surface area contributed by atoms with Gasteiger partial charge in [0, 0.05) is 25.0 Å². The van der Waals surface area contributed by atoms with Gasteiger partial charge in [0.25, 0.3) is 0 Å². The lowest BCUT2D eigenvalue weighted by Crippen LogP contribution is -2.38. The number of hydrogen-bond acceptors (Lipinski definition) is 4. The summed E-state index contributed by atoms with van der Waals surface area (Å²) >= 11 is 0. The fraction of sp³-hybridized carbons (Fsp3) is 0.545. The van der Waals surface area contributed by atoms with Crippen molar-refractivity contribution in [2.75, 3.05) is 6.61 Å². The third-order valence-electron chi connectivity index (χ3n) is 4.71. The predicted molar refractivity (Wildman–Crippen MR) is 118 cm³/mol. The molecule has 160 valence electrons. The predicted octanol–water partition coefficient (Wildman–Crippen LogP) is 5.25. The van der Waals surface area contributed by atoms with Crippen LogP contribution in [-0.2, 0) is 22.4 Å². The first kappa shape index (κ1) is 23.2. The maximum atomic E-state index is 11.9. The van der Waals surface area contributed by atoms with Gasteiger partial charge < -0.3 is 18.8 Å². The van der Waals surface area contributed by atoms with Crippen molar-refractivity contribution in [1.82, 2.24) is 9.55 Å². The fourth-order valence-corrected chi connectivity index (χ4v) is 5.06. The van der Waals surface area contributed by atoms with E-state index in [1.54, 1.807) is 12.3 Å². The van der Waals surface area contributed by atoms with E-state index in [4.69, 9.17) is 9.15 Å². The van der Waals surface area contributed by atoms with Crippen molar-refractivity contribution < 1.29 is 19.1 Å². The number of aryl methyl sites for hydroxylation is 2. The summed E-state index contributed by atoms with van der Waals surface area (Å²) in [6, 6.07) is 3.67. The molecule has 0 saturated carbocycles. The Hall–Kier alpha value is -2.12. The summed E-state index contributed by atoms with van der Waals surface area (Å²) in [6.45, 7) is 13.4. The monoisotopic (exact) mass is 418 g/mol. The summed E-state index contributed by atoms with van der Waals surface area (Å²) < 4.78 is 13.9. The summed E-state index contributed by atoms with van der Waals surface area (Å²) in [7, 11) is -1.76. The molecule has 0 amide bonds. The van der Waals surface area contributed by atoms with Crippen LogP contribution in [0.4, 0.5) is 0 Å². The van der Waals surface area contributed by atoms with Gasteiger partial charge >= 0.3 is 5.97 Å². The molecule has 0 bridgehead atoms. The molecule has 7 heteroatoms. The van der Waals surface area contributed by atoms with E-state index in [0.29, 0.717) is 12.4 Å². The molecule has 0 fully saturated rings. The number of furan rings is 1. The Morgan fingerprint density at radius 3 is 2.59 bits per heavy atom. The lowest BCUT2D eigenvalue weighted by molar-refractivity contribution is -0.132. The van der Waals surface area contributed by atoms with Gasteiger partial charge in [0.1, 0.15) is 31.3 Å². The Morgan fingerprint density at radius 2 is 2.07 bits per heavy atom. The van der Waals surface area contributed by atoms with E-state index in [1.165, 1.54) is 0 Å². The number of aromatic nitrogens is 2. The zero-order valence-corrected chi connectivity index (χ0v) is 19.5. The van der Waals surface area contributed by atoms with Gasteiger partial charge in [0.2, 0.25) is 0 Å². The molecule has 0 aliphatic carbocycles. The number of imidazole rings is 1. The maximum absolute atomic E-state index is 11.9. The van der Waals surface area contributed by atoms with Gasteiger partial charge in [0.15, 0.2) is 0 Å². The molecule has 0 aliphatic heterocycles. The van der Waals surface area contributed by atoms with E-state index >= 15 is 0 Å². The van der Waals surface area contributed by atoms with E-state index < -0.39 is 14.0 Å². The summed E-state index contributed by atoms with van der Waals surface area (Å²) in [5.74, 6) is 1.31. The second-order valence-corrected chi connectivity index (χ2v) is 13.6. The van der Waals surface area contributed by atoms with Gasteiger partial charge in [-0.15, -0.1) is 0 Å². The molecule has 0 spiro atoms. The maximum Gasteiger partial charge on any atom is 0.332 e. The van der Waals surface area contributed by atoms with Crippen molar-refractivity contribution >= 4 is 20.1 Å². The molecule has 0 radical (unpaired) electrons. The van der Waals surface area contributed by atoms with Crippen LogP contribution >= 0.6 is 0 Å². The quantitative estimate of drug-likeness (QED) is 0.398. The Bertz CT molecular complexity index is 845. The molecular weight excluding hydrogens is 384 g/mol. The lowest BCUT2D eigenvalue weighted by atomic mass is 10.1. The van der Waals surface area contributed by atoms with Crippen molar-refractivity contribution in [1.29, 1.82) is 0 Å². The zero-order valence-electron chi connectivity index (χ0n) is 18.5. The van der Waals surface area contributed by atoms with Gasteiger partial charge in [-0.1, -0.05) is 33.0 Å². The van der Waals surface area contributed by atoms with Crippen LogP contribution in [0.3, 0.4) is 0 Å². The highest BCUT2D eigenvalue weighted by Gasteiger charge is 2.32. The Balaban J connectivity index is 2.52. The largest absolute Gasteiger partial charge is 0.478 e. The van der Waals surface area contributed by atoms with Crippen molar-refractivity contribution in [2.45, 2.75) is 71.9 Å². The number of rotatable bonds is 11. The van der Waals surface area contributed by atoms with Crippen molar-refractivity contribution in [3.63, 3.8) is 0 Å². The molecule has 1 atom stereocenters. The number of carboxylic acid groups (broad SMARTS) is 1. The van der Waals surface area contributed by atoms with Crippen molar-refractivity contribution in [2.24, 2.45) is 0 Å². The van der Waals surface area contributed by atoms with E-state index in [2.05, 4.69) is 36.1 Å². The molecule has 1 N–H and O–H groups in total. The number of nitrogens with zero attached hydrogens (tertiary/aromatic N) is 2. The first-order valence-electron chi connectivity index (χ1n) is 10.3. The Morgan fingerprint density at radius 1 is 1.34 bits per heavy atom. The Labute approximate surface area is 174 Å². The molecule has 1 unspecified atom stereocenters. The molecule has 2 aromatic heterocycles. The molecule has 29 heavy (non-hydrogen) atoms. The minimum Gasteiger partial charge on any atom is -0.478 e. The summed E-state index contributed by atoms with van der Waals surface area (Å²) in [5, 5.41) is 9.78. The van der Waals surface area contributed by atoms with Gasteiger partial charge in [0.05, 0.1) is 11.9 Å². The number of aliphatic carboxylic acids is 1. The van der Waals surface area contributed by atoms with Crippen LogP contribution in [0, 0.1) is 6.92 Å². The van der Waals surface area contributed by atoms with Crippen LogP contribution in [0.5, 0.6) is 0 Å². The average Bonchev–Trinajstić information content (AvgIpc) is 3.22. The Kier molecular flexibility index (Phi) is 8.04. The van der Waals surface area contributed by atoms with Crippen LogP contribution in [-0.4, -0.2) is 35.3 Å². The number of unbranched alkanes of at least 4 members (excludes halogenated alkanes) is 1. The van der Waals surface area contributed by atoms with Crippen LogP contribution in [0.15, 0.2) is 28.3 Å². The van der Waals surface area contributed by atoms with Crippen molar-refractivity contribution in [3.8, 4) is 0 Å². The highest BCUT2D eigenvalue weighted by atomic mass is 28.3. The summed E-state index contributed by atoms with van der Waals surface area (Å²) in [6.07, 6.45) is 6.66. The molecule has 6 nitrogen and oxygen atoms in total. The third kappa shape index (κ3) is 6.18. The van der Waals surface area contributed by atoms with Gasteiger partial charge in [-0.25, -0.2) is 9.78 Å². The van der Waals surface area contributed by atoms with Gasteiger partial charge in [-0.3, -0.25) is 0 Å². The first-order valence-corrected chi connectivity index (χ1v) is 13.9. The lowest BCUT2D eigenvalue weighted by Gasteiger charge is -2.32. The smallest absolute Gasteiger partial charge is 0.332 e. The second-order valence-electron chi connectivity index (χ2n) is 8.41.